The molecule has 2 aromatic heterocycles. The molecule has 0 spiro atoms. The number of pyridine rings is 1. The van der Waals surface area contributed by atoms with Crippen molar-refractivity contribution in [2.75, 3.05) is 32.6 Å². The number of benzene rings is 2. The summed E-state index contributed by atoms with van der Waals surface area (Å²) in [4.78, 5) is 59.3. The second-order valence-electron chi connectivity index (χ2n) is 12.6. The van der Waals surface area contributed by atoms with Gasteiger partial charge in [0.25, 0.3) is 11.8 Å². The topological polar surface area (TPSA) is 136 Å². The van der Waals surface area contributed by atoms with Crippen LogP contribution in [-0.4, -0.2) is 66.7 Å². The van der Waals surface area contributed by atoms with Gasteiger partial charge in [-0.1, -0.05) is 19.1 Å². The van der Waals surface area contributed by atoms with Crippen LogP contribution in [0.5, 0.6) is 5.75 Å². The molecule has 1 aliphatic rings. The van der Waals surface area contributed by atoms with E-state index in [1.807, 2.05) is 45.2 Å². The fourth-order valence-corrected chi connectivity index (χ4v) is 6.26. The van der Waals surface area contributed by atoms with Gasteiger partial charge in [0.15, 0.2) is 5.69 Å². The fraction of sp³-hybridized carbons (Fsp3) is 0.324. The van der Waals surface area contributed by atoms with Gasteiger partial charge in [-0.15, -0.1) is 11.3 Å². The minimum Gasteiger partial charge on any atom is -0.493 e. The van der Waals surface area contributed by atoms with Gasteiger partial charge in [0.2, 0.25) is 0 Å². The summed E-state index contributed by atoms with van der Waals surface area (Å²) in [6, 6.07) is 15.8. The fourth-order valence-electron chi connectivity index (χ4n) is 5.28. The van der Waals surface area contributed by atoms with Crippen molar-refractivity contribution in [3.05, 3.63) is 88.1 Å². The molecule has 3 heterocycles. The van der Waals surface area contributed by atoms with Gasteiger partial charge in [0, 0.05) is 59.4 Å². The highest BCUT2D eigenvalue weighted by atomic mass is 32.1. The number of esters is 1. The molecule has 1 aliphatic heterocycles. The van der Waals surface area contributed by atoms with Gasteiger partial charge in [0.05, 0.1) is 13.7 Å². The number of hydrogen-bond acceptors (Lipinski definition) is 9. The van der Waals surface area contributed by atoms with E-state index >= 15 is 0 Å². The summed E-state index contributed by atoms with van der Waals surface area (Å²) in [6.07, 6.45) is 1.00. The second kappa shape index (κ2) is 14.9. The molecule has 0 unspecified atom stereocenters. The number of thiophene rings is 1. The van der Waals surface area contributed by atoms with Crippen LogP contribution in [0.15, 0.2) is 60.0 Å². The van der Waals surface area contributed by atoms with Crippen molar-refractivity contribution in [3.63, 3.8) is 0 Å². The molecular formula is C37H40N4O7S. The Labute approximate surface area is 289 Å². The Hall–Kier alpha value is -5.23. The summed E-state index contributed by atoms with van der Waals surface area (Å²) in [5.74, 6) is -1.05. The van der Waals surface area contributed by atoms with E-state index in [0.717, 1.165) is 28.0 Å². The number of anilines is 1. The number of carbonyl (C=O) groups is 4. The summed E-state index contributed by atoms with van der Waals surface area (Å²) in [7, 11) is 2.90. The van der Waals surface area contributed by atoms with Crippen molar-refractivity contribution in [1.82, 2.24) is 15.2 Å². The number of fused-ring (bicyclic) bond motifs is 3. The van der Waals surface area contributed by atoms with Gasteiger partial charge in [0.1, 0.15) is 17.0 Å². The lowest BCUT2D eigenvalue weighted by atomic mass is 9.93. The van der Waals surface area contributed by atoms with Crippen LogP contribution in [0, 0.1) is 0 Å². The predicted octanol–water partition coefficient (Wildman–Crippen LogP) is 6.96. The summed E-state index contributed by atoms with van der Waals surface area (Å²) in [6.45, 7) is 8.58. The minimum absolute atomic E-state index is 0.0512. The van der Waals surface area contributed by atoms with E-state index in [0.29, 0.717) is 48.7 Å². The van der Waals surface area contributed by atoms with Crippen LogP contribution < -0.4 is 15.4 Å². The quantitative estimate of drug-likeness (QED) is 0.181. The summed E-state index contributed by atoms with van der Waals surface area (Å²) in [5.41, 5.74) is 3.56. The molecule has 0 aliphatic carbocycles. The molecule has 11 nitrogen and oxygen atoms in total. The number of hydrogen-bond donors (Lipinski definition) is 2. The molecule has 2 N–H and O–H groups in total. The highest BCUT2D eigenvalue weighted by Gasteiger charge is 2.27. The number of carbonyl (C=O) groups excluding carboxylic acids is 4. The standard InChI is InChI=1S/C37H40N4O7S/c1-7-16-38-34(43)29-13-12-25(31(40-29)35(44)46-6)26-20-30-28(32-23(14-17-47-30)15-18-49-32)19-27(26)33(42)39-24-10-8-22(9-11-24)21-41(5)36(45)48-37(2,3)4/h8-13,15,18-20H,7,14,16-17,21H2,1-6H3,(H,38,43)(H,39,42). The van der Waals surface area contributed by atoms with Crippen LogP contribution in [0.1, 0.15) is 76.6 Å². The Morgan fingerprint density at radius 3 is 2.43 bits per heavy atom. The molecule has 0 saturated carbocycles. The Morgan fingerprint density at radius 1 is 0.980 bits per heavy atom. The Bertz CT molecular complexity index is 1880. The molecule has 0 atom stereocenters. The zero-order valence-electron chi connectivity index (χ0n) is 28.5. The van der Waals surface area contributed by atoms with Crippen LogP contribution in [0.3, 0.4) is 0 Å². The lowest BCUT2D eigenvalue weighted by Gasteiger charge is -2.24. The summed E-state index contributed by atoms with van der Waals surface area (Å²) < 4.78 is 16.7. The minimum atomic E-state index is -0.755. The molecule has 5 rings (SSSR count). The molecule has 3 amide bonds. The summed E-state index contributed by atoms with van der Waals surface area (Å²) >= 11 is 1.56. The van der Waals surface area contributed by atoms with E-state index in [2.05, 4.69) is 21.7 Å². The van der Waals surface area contributed by atoms with Gasteiger partial charge in [-0.05, 0) is 86.2 Å². The van der Waals surface area contributed by atoms with Crippen molar-refractivity contribution < 1.29 is 33.4 Å². The maximum Gasteiger partial charge on any atom is 0.410 e. The van der Waals surface area contributed by atoms with Gasteiger partial charge >= 0.3 is 12.1 Å². The first-order valence-electron chi connectivity index (χ1n) is 16.0. The van der Waals surface area contributed by atoms with Gasteiger partial charge < -0.3 is 29.7 Å². The zero-order valence-corrected chi connectivity index (χ0v) is 29.3. The molecule has 12 heteroatoms. The third-order valence-corrected chi connectivity index (χ3v) is 8.64. The molecular weight excluding hydrogens is 644 g/mol. The SMILES string of the molecule is CCCNC(=O)c1ccc(-c2cc3c(cc2C(=O)Nc2ccc(CN(C)C(=O)OC(C)(C)C)cc2)-c2sccc2CCO3)c(C(=O)OC)n1. The maximum absolute atomic E-state index is 14.1. The molecule has 0 radical (unpaired) electrons. The number of rotatable bonds is 9. The van der Waals surface area contributed by atoms with Crippen LogP contribution in [0.25, 0.3) is 21.6 Å². The first-order chi connectivity index (χ1) is 23.4. The molecule has 0 fully saturated rings. The van der Waals surface area contributed by atoms with Crippen molar-refractivity contribution in [2.45, 2.75) is 52.7 Å². The average Bonchev–Trinajstić information content (AvgIpc) is 3.47. The maximum atomic E-state index is 14.1. The Balaban J connectivity index is 1.52. The third kappa shape index (κ3) is 8.26. The van der Waals surface area contributed by atoms with Gasteiger partial charge in [-0.3, -0.25) is 9.59 Å². The first-order valence-corrected chi connectivity index (χ1v) is 16.9. The van der Waals surface area contributed by atoms with E-state index in [1.54, 1.807) is 48.7 Å². The molecule has 2 aromatic carbocycles. The summed E-state index contributed by atoms with van der Waals surface area (Å²) in [5, 5.41) is 7.76. The molecule has 4 aromatic rings. The highest BCUT2D eigenvalue weighted by Crippen LogP contribution is 2.43. The van der Waals surface area contributed by atoms with Crippen molar-refractivity contribution >= 4 is 40.9 Å². The predicted molar refractivity (Wildman–Crippen MR) is 188 cm³/mol. The van der Waals surface area contributed by atoms with E-state index in [9.17, 15) is 19.2 Å². The normalized spacial score (nSPS) is 12.0. The average molecular weight is 685 g/mol. The Morgan fingerprint density at radius 2 is 1.73 bits per heavy atom. The number of aromatic nitrogens is 1. The van der Waals surface area contributed by atoms with Crippen LogP contribution >= 0.6 is 11.3 Å². The van der Waals surface area contributed by atoms with Crippen molar-refractivity contribution in [3.8, 4) is 27.3 Å². The van der Waals surface area contributed by atoms with E-state index in [1.165, 1.54) is 18.1 Å². The smallest absolute Gasteiger partial charge is 0.410 e. The lowest BCUT2D eigenvalue weighted by molar-refractivity contribution is 0.0284. The lowest BCUT2D eigenvalue weighted by Crippen LogP contribution is -2.33. The number of nitrogens with one attached hydrogen (secondary N) is 2. The van der Waals surface area contributed by atoms with E-state index in [4.69, 9.17) is 14.2 Å². The number of methoxy groups -OCH3 is 1. The third-order valence-electron chi connectivity index (χ3n) is 7.65. The second-order valence-corrected chi connectivity index (χ2v) is 13.5. The zero-order chi connectivity index (χ0) is 35.3. The largest absolute Gasteiger partial charge is 0.493 e. The molecule has 256 valence electrons. The monoisotopic (exact) mass is 684 g/mol. The van der Waals surface area contributed by atoms with E-state index < -0.39 is 29.5 Å². The number of amides is 3. The van der Waals surface area contributed by atoms with Crippen LogP contribution in [0.2, 0.25) is 0 Å². The number of ether oxygens (including phenoxy) is 3. The first kappa shape index (κ1) is 35.1. The molecule has 0 bridgehead atoms. The molecule has 0 saturated heterocycles. The van der Waals surface area contributed by atoms with Gasteiger partial charge in [-0.2, -0.15) is 0 Å². The van der Waals surface area contributed by atoms with Crippen molar-refractivity contribution in [2.24, 2.45) is 0 Å². The van der Waals surface area contributed by atoms with Crippen LogP contribution in [-0.2, 0) is 22.4 Å². The van der Waals surface area contributed by atoms with Gasteiger partial charge in [-0.25, -0.2) is 14.6 Å². The van der Waals surface area contributed by atoms with E-state index in [-0.39, 0.29) is 17.0 Å². The molecule has 49 heavy (non-hydrogen) atoms. The highest BCUT2D eigenvalue weighted by molar-refractivity contribution is 7.13. The Kier molecular flexibility index (Phi) is 10.7. The van der Waals surface area contributed by atoms with Crippen LogP contribution in [0.4, 0.5) is 10.5 Å². The number of nitrogens with zero attached hydrogens (tertiary/aromatic N) is 2. The van der Waals surface area contributed by atoms with Crippen molar-refractivity contribution in [1.29, 1.82) is 0 Å².